The second-order valence-electron chi connectivity index (χ2n) is 3.94. The highest BCUT2D eigenvalue weighted by molar-refractivity contribution is 7.71. The molecule has 1 heterocycles. The Kier molecular flexibility index (Phi) is 6.35. The van der Waals surface area contributed by atoms with Gasteiger partial charge >= 0.3 is 5.97 Å². The number of nitrogens with one attached hydrogen (secondary N) is 1. The number of H-pyrrole nitrogens is 1. The Hall–Kier alpha value is -1.43. The van der Waals surface area contributed by atoms with Crippen molar-refractivity contribution >= 4 is 18.2 Å². The Bertz CT molecular complexity index is 493. The summed E-state index contributed by atoms with van der Waals surface area (Å²) in [5.41, 5.74) is -0.178. The molecular weight excluding hydrogens is 252 g/mol. The van der Waals surface area contributed by atoms with Gasteiger partial charge in [-0.25, -0.2) is 0 Å². The van der Waals surface area contributed by atoms with E-state index in [1.165, 1.54) is 6.07 Å². The summed E-state index contributed by atoms with van der Waals surface area (Å²) in [6.07, 6.45) is 4.86. The fourth-order valence-corrected chi connectivity index (χ4v) is 1.72. The molecule has 5 nitrogen and oxygen atoms in total. The summed E-state index contributed by atoms with van der Waals surface area (Å²) in [6.45, 7) is 3.02. The number of carbonyl (C=O) groups excluding carboxylic acids is 1. The highest BCUT2D eigenvalue weighted by atomic mass is 32.1. The van der Waals surface area contributed by atoms with Gasteiger partial charge in [-0.15, -0.1) is 0 Å². The summed E-state index contributed by atoms with van der Waals surface area (Å²) in [4.78, 5) is 24.4. The molecule has 0 spiro atoms. The van der Waals surface area contributed by atoms with E-state index in [9.17, 15) is 9.59 Å². The molecule has 1 rings (SSSR count). The molecule has 0 amide bonds. The molecule has 0 aromatic carbocycles. The zero-order valence-electron chi connectivity index (χ0n) is 10.5. The van der Waals surface area contributed by atoms with Crippen molar-refractivity contribution < 1.29 is 9.53 Å². The lowest BCUT2D eigenvalue weighted by atomic mass is 10.2. The number of hydrogen-bond donors (Lipinski definition) is 1. The normalized spacial score (nSPS) is 10.3. The van der Waals surface area contributed by atoms with Crippen LogP contribution >= 0.6 is 12.2 Å². The number of unbranched alkanes of at least 4 members (excludes halogenated alkanes) is 2. The number of ether oxygens (including phenoxy) is 1. The Morgan fingerprint density at radius 3 is 2.89 bits per heavy atom. The van der Waals surface area contributed by atoms with Crippen molar-refractivity contribution in [2.45, 2.75) is 39.2 Å². The molecule has 0 aliphatic carbocycles. The zero-order valence-corrected chi connectivity index (χ0v) is 11.3. The number of nitrogens with zero attached hydrogens (tertiary/aromatic N) is 1. The summed E-state index contributed by atoms with van der Waals surface area (Å²) >= 11 is 5.03. The first-order valence-corrected chi connectivity index (χ1v) is 6.49. The highest BCUT2D eigenvalue weighted by Gasteiger charge is 1.98. The van der Waals surface area contributed by atoms with Gasteiger partial charge in [0.05, 0.1) is 6.61 Å². The van der Waals surface area contributed by atoms with Gasteiger partial charge in [0, 0.05) is 25.2 Å². The van der Waals surface area contributed by atoms with Crippen molar-refractivity contribution in [1.29, 1.82) is 0 Å². The van der Waals surface area contributed by atoms with Crippen LogP contribution < -0.4 is 5.56 Å². The summed E-state index contributed by atoms with van der Waals surface area (Å²) < 4.78 is 7.24. The Morgan fingerprint density at radius 1 is 1.44 bits per heavy atom. The number of esters is 1. The SMILES string of the molecule is CCC(=O)OCCCCCn1ccc(=O)[nH]c1=S. The fourth-order valence-electron chi connectivity index (χ4n) is 1.47. The topological polar surface area (TPSA) is 64.1 Å². The number of carbonyl (C=O) groups is 1. The van der Waals surface area contributed by atoms with Gasteiger partial charge in [-0.2, -0.15) is 0 Å². The van der Waals surface area contributed by atoms with Crippen LogP contribution in [0.5, 0.6) is 0 Å². The van der Waals surface area contributed by atoms with E-state index >= 15 is 0 Å². The van der Waals surface area contributed by atoms with Gasteiger partial charge in [0.15, 0.2) is 4.77 Å². The van der Waals surface area contributed by atoms with Crippen LogP contribution in [0.2, 0.25) is 0 Å². The van der Waals surface area contributed by atoms with Crippen molar-refractivity contribution in [3.8, 4) is 0 Å². The predicted molar refractivity (Wildman–Crippen MR) is 71.0 cm³/mol. The number of aromatic amines is 1. The predicted octanol–water partition coefficient (Wildman–Crippen LogP) is 2.03. The zero-order chi connectivity index (χ0) is 13.4. The minimum absolute atomic E-state index is 0.155. The van der Waals surface area contributed by atoms with E-state index in [2.05, 4.69) is 4.98 Å². The molecule has 0 atom stereocenters. The maximum atomic E-state index is 11.0. The summed E-state index contributed by atoms with van der Waals surface area (Å²) in [5, 5.41) is 0. The van der Waals surface area contributed by atoms with Crippen molar-refractivity contribution in [3.63, 3.8) is 0 Å². The molecule has 1 aromatic rings. The van der Waals surface area contributed by atoms with Crippen LogP contribution in [0.3, 0.4) is 0 Å². The average Bonchev–Trinajstić information content (AvgIpc) is 2.35. The van der Waals surface area contributed by atoms with Gasteiger partial charge in [-0.1, -0.05) is 6.92 Å². The fraction of sp³-hybridized carbons (Fsp3) is 0.583. The van der Waals surface area contributed by atoms with E-state index in [0.29, 0.717) is 17.8 Å². The molecule has 18 heavy (non-hydrogen) atoms. The van der Waals surface area contributed by atoms with Crippen molar-refractivity contribution in [1.82, 2.24) is 9.55 Å². The monoisotopic (exact) mass is 270 g/mol. The number of rotatable bonds is 7. The highest BCUT2D eigenvalue weighted by Crippen LogP contribution is 2.00. The third-order valence-corrected chi connectivity index (χ3v) is 2.83. The minimum Gasteiger partial charge on any atom is -0.466 e. The molecule has 1 N–H and O–H groups in total. The van der Waals surface area contributed by atoms with Crippen molar-refractivity contribution in [2.75, 3.05) is 6.61 Å². The van der Waals surface area contributed by atoms with E-state index in [1.807, 2.05) is 4.57 Å². The van der Waals surface area contributed by atoms with Crippen LogP contribution in [-0.2, 0) is 16.1 Å². The number of aryl methyl sites for hydroxylation is 1. The first kappa shape index (κ1) is 14.6. The van der Waals surface area contributed by atoms with E-state index in [1.54, 1.807) is 13.1 Å². The summed E-state index contributed by atoms with van der Waals surface area (Å²) in [6, 6.07) is 1.46. The second kappa shape index (κ2) is 7.81. The molecule has 0 aliphatic rings. The Labute approximate surface area is 111 Å². The van der Waals surface area contributed by atoms with Crippen LogP contribution in [0.1, 0.15) is 32.6 Å². The molecule has 0 radical (unpaired) electrons. The largest absolute Gasteiger partial charge is 0.466 e. The molecule has 6 heteroatoms. The Balaban J connectivity index is 2.20. The van der Waals surface area contributed by atoms with Crippen LogP contribution in [0.4, 0.5) is 0 Å². The van der Waals surface area contributed by atoms with Gasteiger partial charge in [-0.3, -0.25) is 14.6 Å². The summed E-state index contributed by atoms with van der Waals surface area (Å²) in [7, 11) is 0. The molecule has 0 saturated heterocycles. The van der Waals surface area contributed by atoms with E-state index in [0.717, 1.165) is 25.8 Å². The maximum Gasteiger partial charge on any atom is 0.305 e. The minimum atomic E-state index is -0.178. The molecule has 1 aromatic heterocycles. The first-order valence-electron chi connectivity index (χ1n) is 6.09. The third-order valence-electron chi connectivity index (χ3n) is 2.49. The molecule has 0 saturated carbocycles. The summed E-state index contributed by atoms with van der Waals surface area (Å²) in [5.74, 6) is -0.155. The van der Waals surface area contributed by atoms with E-state index in [-0.39, 0.29) is 11.5 Å². The van der Waals surface area contributed by atoms with Gasteiger partial charge in [0.2, 0.25) is 0 Å². The lowest BCUT2D eigenvalue weighted by Crippen LogP contribution is -2.11. The van der Waals surface area contributed by atoms with Gasteiger partial charge in [0.1, 0.15) is 0 Å². The van der Waals surface area contributed by atoms with Gasteiger partial charge in [-0.05, 0) is 31.5 Å². The number of aromatic nitrogens is 2. The second-order valence-corrected chi connectivity index (χ2v) is 4.32. The van der Waals surface area contributed by atoms with E-state index in [4.69, 9.17) is 17.0 Å². The first-order chi connectivity index (χ1) is 8.63. The van der Waals surface area contributed by atoms with Crippen LogP contribution in [-0.4, -0.2) is 22.1 Å². The van der Waals surface area contributed by atoms with Crippen molar-refractivity contribution in [3.05, 3.63) is 27.4 Å². The molecule has 0 aliphatic heterocycles. The van der Waals surface area contributed by atoms with Crippen LogP contribution in [0.25, 0.3) is 0 Å². The van der Waals surface area contributed by atoms with Gasteiger partial charge in [0.25, 0.3) is 5.56 Å². The van der Waals surface area contributed by atoms with Crippen LogP contribution in [0.15, 0.2) is 17.1 Å². The van der Waals surface area contributed by atoms with Crippen LogP contribution in [0, 0.1) is 4.77 Å². The number of hydrogen-bond acceptors (Lipinski definition) is 4. The van der Waals surface area contributed by atoms with E-state index < -0.39 is 0 Å². The maximum absolute atomic E-state index is 11.0. The lowest BCUT2D eigenvalue weighted by molar-refractivity contribution is -0.143. The molecule has 0 bridgehead atoms. The Morgan fingerprint density at radius 2 is 2.22 bits per heavy atom. The third kappa shape index (κ3) is 5.27. The standard InChI is InChI=1S/C12H18N2O3S/c1-2-11(16)17-9-5-3-4-7-14-8-6-10(15)13-12(14)18/h6,8H,2-5,7,9H2,1H3,(H,13,15,18). The quantitative estimate of drug-likeness (QED) is 0.468. The van der Waals surface area contributed by atoms with Crippen molar-refractivity contribution in [2.24, 2.45) is 0 Å². The molecule has 0 unspecified atom stereocenters. The smallest absolute Gasteiger partial charge is 0.305 e. The lowest BCUT2D eigenvalue weighted by Gasteiger charge is -2.06. The average molecular weight is 270 g/mol. The molecular formula is C12H18N2O3S. The van der Waals surface area contributed by atoms with Gasteiger partial charge < -0.3 is 9.30 Å². The molecule has 100 valence electrons. The molecule has 0 fully saturated rings.